The molecule has 0 aliphatic carbocycles. The Kier molecular flexibility index (Phi) is 11.6. The van der Waals surface area contributed by atoms with Gasteiger partial charge in [0.15, 0.2) is 11.5 Å². The molecule has 0 aliphatic heterocycles. The summed E-state index contributed by atoms with van der Waals surface area (Å²) >= 11 is 0. The average molecular weight is 350 g/mol. The SMILES string of the molecule is CCCCCCCCCCCCCCNC(=O)c1cccc(O)c1O. The highest BCUT2D eigenvalue weighted by atomic mass is 16.3. The van der Waals surface area contributed by atoms with Crippen molar-refractivity contribution in [3.63, 3.8) is 0 Å². The van der Waals surface area contributed by atoms with E-state index in [9.17, 15) is 15.0 Å². The summed E-state index contributed by atoms with van der Waals surface area (Å²) in [6, 6.07) is 4.41. The minimum absolute atomic E-state index is 0.124. The fraction of sp³-hybridized carbons (Fsp3) is 0.667. The van der Waals surface area contributed by atoms with E-state index in [0.717, 1.165) is 12.8 Å². The zero-order valence-corrected chi connectivity index (χ0v) is 15.7. The highest BCUT2D eigenvalue weighted by molar-refractivity contribution is 5.97. The van der Waals surface area contributed by atoms with Gasteiger partial charge in [-0.15, -0.1) is 0 Å². The second-order valence-electron chi connectivity index (χ2n) is 6.82. The molecule has 4 nitrogen and oxygen atoms in total. The van der Waals surface area contributed by atoms with Crippen LogP contribution in [0.3, 0.4) is 0 Å². The van der Waals surface area contributed by atoms with E-state index in [-0.39, 0.29) is 23.0 Å². The Labute approximate surface area is 152 Å². The molecule has 0 fully saturated rings. The fourth-order valence-corrected chi connectivity index (χ4v) is 2.98. The number of phenols is 2. The van der Waals surface area contributed by atoms with Crippen LogP contribution in [0, 0.1) is 0 Å². The van der Waals surface area contributed by atoms with Gasteiger partial charge in [-0.25, -0.2) is 0 Å². The molecule has 0 saturated heterocycles. The molecule has 1 aromatic carbocycles. The van der Waals surface area contributed by atoms with Crippen LogP contribution in [0.5, 0.6) is 11.5 Å². The minimum Gasteiger partial charge on any atom is -0.504 e. The molecule has 4 heteroatoms. The van der Waals surface area contributed by atoms with Crippen LogP contribution >= 0.6 is 0 Å². The molecule has 0 bridgehead atoms. The molecule has 0 spiro atoms. The Hall–Kier alpha value is -1.71. The smallest absolute Gasteiger partial charge is 0.255 e. The molecular formula is C21H35NO3. The molecular weight excluding hydrogens is 314 g/mol. The Balaban J connectivity index is 1.95. The second-order valence-corrected chi connectivity index (χ2v) is 6.82. The molecule has 0 unspecified atom stereocenters. The molecule has 142 valence electrons. The highest BCUT2D eigenvalue weighted by Gasteiger charge is 2.12. The van der Waals surface area contributed by atoms with Crippen molar-refractivity contribution in [3.8, 4) is 11.5 Å². The Morgan fingerprint density at radius 2 is 1.36 bits per heavy atom. The number of benzene rings is 1. The van der Waals surface area contributed by atoms with Gasteiger partial charge in [0.05, 0.1) is 5.56 Å². The van der Waals surface area contributed by atoms with E-state index in [2.05, 4.69) is 12.2 Å². The highest BCUT2D eigenvalue weighted by Crippen LogP contribution is 2.27. The van der Waals surface area contributed by atoms with Crippen LogP contribution in [0.2, 0.25) is 0 Å². The summed E-state index contributed by atoms with van der Waals surface area (Å²) in [5.74, 6) is -0.954. The number of amides is 1. The maximum Gasteiger partial charge on any atom is 0.255 e. The molecule has 0 atom stereocenters. The third-order valence-electron chi connectivity index (χ3n) is 4.58. The molecule has 0 saturated carbocycles. The lowest BCUT2D eigenvalue weighted by molar-refractivity contribution is 0.0949. The van der Waals surface area contributed by atoms with Crippen molar-refractivity contribution in [3.05, 3.63) is 23.8 Å². The van der Waals surface area contributed by atoms with Gasteiger partial charge in [0.1, 0.15) is 0 Å². The Morgan fingerprint density at radius 3 is 1.92 bits per heavy atom. The van der Waals surface area contributed by atoms with Crippen molar-refractivity contribution in [2.24, 2.45) is 0 Å². The summed E-state index contributed by atoms with van der Waals surface area (Å²) < 4.78 is 0. The van der Waals surface area contributed by atoms with Gasteiger partial charge >= 0.3 is 0 Å². The van der Waals surface area contributed by atoms with Gasteiger partial charge in [0, 0.05) is 6.54 Å². The van der Waals surface area contributed by atoms with E-state index >= 15 is 0 Å². The van der Waals surface area contributed by atoms with Crippen molar-refractivity contribution in [2.45, 2.75) is 84.0 Å². The lowest BCUT2D eigenvalue weighted by Gasteiger charge is -2.07. The zero-order valence-electron chi connectivity index (χ0n) is 15.7. The number of para-hydroxylation sites is 1. The lowest BCUT2D eigenvalue weighted by Crippen LogP contribution is -2.24. The largest absolute Gasteiger partial charge is 0.504 e. The lowest BCUT2D eigenvalue weighted by atomic mass is 10.1. The summed E-state index contributed by atoms with van der Waals surface area (Å²) in [6.07, 6.45) is 15.4. The standard InChI is InChI=1S/C21H35NO3/c1-2-3-4-5-6-7-8-9-10-11-12-13-17-22-21(25)18-15-14-16-19(23)20(18)24/h14-16,23-24H,2-13,17H2,1H3,(H,22,25). The molecule has 0 radical (unpaired) electrons. The van der Waals surface area contributed by atoms with Crippen LogP contribution in [0.1, 0.15) is 94.3 Å². The molecule has 3 N–H and O–H groups in total. The zero-order chi connectivity index (χ0) is 18.3. The maximum absolute atomic E-state index is 11.9. The molecule has 1 aromatic rings. The van der Waals surface area contributed by atoms with Crippen molar-refractivity contribution < 1.29 is 15.0 Å². The number of phenolic OH excluding ortho intramolecular Hbond substituents is 2. The van der Waals surface area contributed by atoms with Crippen molar-refractivity contribution >= 4 is 5.91 Å². The number of unbranched alkanes of at least 4 members (excludes halogenated alkanes) is 11. The summed E-state index contributed by atoms with van der Waals surface area (Å²) in [4.78, 5) is 11.9. The third-order valence-corrected chi connectivity index (χ3v) is 4.58. The van der Waals surface area contributed by atoms with Crippen LogP contribution < -0.4 is 5.32 Å². The van der Waals surface area contributed by atoms with E-state index in [1.165, 1.54) is 76.3 Å². The number of aromatic hydroxyl groups is 2. The molecule has 0 aliphatic rings. The van der Waals surface area contributed by atoms with Crippen molar-refractivity contribution in [1.29, 1.82) is 0 Å². The quantitative estimate of drug-likeness (QED) is 0.305. The average Bonchev–Trinajstić information content (AvgIpc) is 2.61. The molecule has 0 aromatic heterocycles. The molecule has 1 amide bonds. The topological polar surface area (TPSA) is 69.6 Å². The monoisotopic (exact) mass is 349 g/mol. The summed E-state index contributed by atoms with van der Waals surface area (Å²) in [7, 11) is 0. The predicted molar refractivity (Wildman–Crippen MR) is 103 cm³/mol. The van der Waals surface area contributed by atoms with E-state index in [1.54, 1.807) is 6.07 Å². The number of carbonyl (C=O) groups excluding carboxylic acids is 1. The predicted octanol–water partition coefficient (Wildman–Crippen LogP) is 5.53. The van der Waals surface area contributed by atoms with E-state index in [1.807, 2.05) is 0 Å². The van der Waals surface area contributed by atoms with Crippen molar-refractivity contribution in [2.75, 3.05) is 6.54 Å². The van der Waals surface area contributed by atoms with Crippen LogP contribution in [-0.2, 0) is 0 Å². The Bertz CT molecular complexity index is 488. The maximum atomic E-state index is 11.9. The van der Waals surface area contributed by atoms with Gasteiger partial charge in [-0.05, 0) is 18.6 Å². The van der Waals surface area contributed by atoms with Gasteiger partial charge in [-0.3, -0.25) is 4.79 Å². The van der Waals surface area contributed by atoms with Crippen LogP contribution in [0.25, 0.3) is 0 Å². The summed E-state index contributed by atoms with van der Waals surface area (Å²) in [6.45, 7) is 2.85. The van der Waals surface area contributed by atoms with Gasteiger partial charge in [-0.2, -0.15) is 0 Å². The number of rotatable bonds is 14. The van der Waals surface area contributed by atoms with Gasteiger partial charge in [-0.1, -0.05) is 83.6 Å². The van der Waals surface area contributed by atoms with E-state index in [0.29, 0.717) is 6.54 Å². The minimum atomic E-state index is -0.352. The van der Waals surface area contributed by atoms with Gasteiger partial charge < -0.3 is 15.5 Å². The number of nitrogens with one attached hydrogen (secondary N) is 1. The van der Waals surface area contributed by atoms with Crippen molar-refractivity contribution in [1.82, 2.24) is 5.32 Å². The molecule has 0 heterocycles. The number of carbonyl (C=O) groups is 1. The number of hydrogen-bond acceptors (Lipinski definition) is 3. The third kappa shape index (κ3) is 9.37. The normalized spacial score (nSPS) is 10.8. The van der Waals surface area contributed by atoms with Gasteiger partial charge in [0.25, 0.3) is 5.91 Å². The number of hydrogen-bond donors (Lipinski definition) is 3. The van der Waals surface area contributed by atoms with E-state index < -0.39 is 0 Å². The first-order valence-electron chi connectivity index (χ1n) is 9.96. The molecule has 1 rings (SSSR count). The first-order valence-corrected chi connectivity index (χ1v) is 9.96. The summed E-state index contributed by atoms with van der Waals surface area (Å²) in [5, 5.41) is 21.9. The summed E-state index contributed by atoms with van der Waals surface area (Å²) in [5.41, 5.74) is 0.124. The second kappa shape index (κ2) is 13.6. The fourth-order valence-electron chi connectivity index (χ4n) is 2.98. The molecule has 25 heavy (non-hydrogen) atoms. The van der Waals surface area contributed by atoms with Crippen LogP contribution in [-0.4, -0.2) is 22.7 Å². The van der Waals surface area contributed by atoms with E-state index in [4.69, 9.17) is 0 Å². The van der Waals surface area contributed by atoms with Crippen LogP contribution in [0.4, 0.5) is 0 Å². The van der Waals surface area contributed by atoms with Crippen LogP contribution in [0.15, 0.2) is 18.2 Å². The Morgan fingerprint density at radius 1 is 0.840 bits per heavy atom. The first kappa shape index (κ1) is 21.3. The first-order chi connectivity index (χ1) is 12.2. The van der Waals surface area contributed by atoms with Gasteiger partial charge in [0.2, 0.25) is 0 Å².